The van der Waals surface area contributed by atoms with Gasteiger partial charge in [0.2, 0.25) is 28.7 Å². The van der Waals surface area contributed by atoms with E-state index in [0.29, 0.717) is 24.3 Å². The topological polar surface area (TPSA) is 349 Å². The maximum atomic E-state index is 14.1. The third-order valence-corrected chi connectivity index (χ3v) is 8.55. The van der Waals surface area contributed by atoms with Crippen molar-refractivity contribution in [3.63, 3.8) is 0 Å². The Labute approximate surface area is 298 Å². The van der Waals surface area contributed by atoms with Crippen LogP contribution in [0.1, 0.15) is 31.1 Å². The van der Waals surface area contributed by atoms with Gasteiger partial charge in [-0.2, -0.15) is 0 Å². The van der Waals surface area contributed by atoms with Crippen LogP contribution in [-0.2, 0) is 18.9 Å². The van der Waals surface area contributed by atoms with Gasteiger partial charge in [0, 0.05) is 17.2 Å². The lowest BCUT2D eigenvalue weighted by molar-refractivity contribution is -0.285. The molecule has 5 unspecified atom stereocenters. The van der Waals surface area contributed by atoms with Crippen LogP contribution >= 0.6 is 0 Å². The molecule has 3 aliphatic rings. The van der Waals surface area contributed by atoms with Gasteiger partial charge < -0.3 is 89.7 Å². The molecule has 3 heterocycles. The Bertz CT molecular complexity index is 2280. The van der Waals surface area contributed by atoms with Crippen LogP contribution < -0.4 is 9.47 Å². The van der Waals surface area contributed by atoms with Gasteiger partial charge in [-0.3, -0.25) is 0 Å². The highest BCUT2D eigenvalue weighted by Crippen LogP contribution is 2.61. The first-order valence-electron chi connectivity index (χ1n) is 15.2. The van der Waals surface area contributed by atoms with Crippen LogP contribution in [0, 0.1) is 0 Å². The van der Waals surface area contributed by atoms with Crippen LogP contribution in [-0.4, -0.2) is 116 Å². The van der Waals surface area contributed by atoms with Crippen LogP contribution in [0.4, 0.5) is 0 Å². The third kappa shape index (κ3) is 5.42. The minimum absolute atomic E-state index is 0.555. The van der Waals surface area contributed by atoms with E-state index in [9.17, 15) is 75.7 Å². The molecule has 0 spiro atoms. The number of aliphatic hydroxyl groups is 2. The number of phenols is 10. The Morgan fingerprint density at radius 3 is 1.91 bits per heavy atom. The van der Waals surface area contributed by atoms with Crippen molar-refractivity contribution in [2.75, 3.05) is 6.61 Å². The third-order valence-electron chi connectivity index (χ3n) is 8.55. The summed E-state index contributed by atoms with van der Waals surface area (Å²) in [5, 5.41) is 124. The molecular weight excluding hydrogens is 732 g/mol. The van der Waals surface area contributed by atoms with E-state index in [2.05, 4.69) is 0 Å². The molecule has 54 heavy (non-hydrogen) atoms. The number of cyclic esters (lactones) is 1. The molecule has 282 valence electrons. The summed E-state index contributed by atoms with van der Waals surface area (Å²) in [6, 6.07) is 3.32. The van der Waals surface area contributed by atoms with E-state index in [4.69, 9.17) is 28.4 Å². The minimum atomic E-state index is -2.22. The highest BCUT2D eigenvalue weighted by Gasteiger charge is 2.51. The molecule has 7 rings (SSSR count). The van der Waals surface area contributed by atoms with Crippen molar-refractivity contribution in [3.05, 3.63) is 47.0 Å². The zero-order valence-corrected chi connectivity index (χ0v) is 26.5. The molecule has 3 aliphatic heterocycles. The van der Waals surface area contributed by atoms with Crippen LogP contribution in [0.25, 0.3) is 11.1 Å². The van der Waals surface area contributed by atoms with Gasteiger partial charge >= 0.3 is 17.9 Å². The average Bonchev–Trinajstić information content (AvgIpc) is 3.14. The fraction of sp³-hybridized carbons (Fsp3) is 0.182. The van der Waals surface area contributed by atoms with Crippen molar-refractivity contribution in [1.82, 2.24) is 0 Å². The average molecular weight is 757 g/mol. The van der Waals surface area contributed by atoms with Crippen LogP contribution in [0.3, 0.4) is 0 Å². The van der Waals surface area contributed by atoms with Gasteiger partial charge in [0.1, 0.15) is 18.8 Å². The van der Waals surface area contributed by atoms with E-state index in [1.807, 2.05) is 0 Å². The first-order chi connectivity index (χ1) is 25.5. The van der Waals surface area contributed by atoms with Crippen molar-refractivity contribution in [1.29, 1.82) is 0 Å². The SMILES string of the molecule is O=C(OC1C(O)C(O)OC2COC(=O)c3cc(O)c4c(c3-c3c(cc(O)c(O)c3O)C(=O)OC21)Oc1cc(O)c(O)c(O)c1O4)c1cc(O)c(O)c(O)c1. The number of aromatic hydroxyl groups is 10. The van der Waals surface area contributed by atoms with Gasteiger partial charge in [-0.1, -0.05) is 0 Å². The molecule has 0 aliphatic carbocycles. The first-order valence-corrected chi connectivity index (χ1v) is 15.2. The summed E-state index contributed by atoms with van der Waals surface area (Å²) in [6.07, 6.45) is -10.4. The first kappa shape index (κ1) is 35.2. The summed E-state index contributed by atoms with van der Waals surface area (Å²) in [5.41, 5.74) is -3.82. The molecule has 0 amide bonds. The van der Waals surface area contributed by atoms with E-state index in [-0.39, 0.29) is 0 Å². The molecule has 0 aromatic heterocycles. The summed E-state index contributed by atoms with van der Waals surface area (Å²) in [4.78, 5) is 41.0. The predicted octanol–water partition coefficient (Wildman–Crippen LogP) is 1.31. The molecule has 21 nitrogen and oxygen atoms in total. The lowest BCUT2D eigenvalue weighted by Gasteiger charge is -2.41. The zero-order valence-electron chi connectivity index (χ0n) is 26.5. The van der Waals surface area contributed by atoms with Crippen LogP contribution in [0.5, 0.6) is 80.5 Å². The van der Waals surface area contributed by atoms with Gasteiger partial charge in [0.15, 0.2) is 70.2 Å². The maximum absolute atomic E-state index is 14.1. The highest BCUT2D eigenvalue weighted by molar-refractivity contribution is 6.09. The van der Waals surface area contributed by atoms with Gasteiger partial charge in [-0.05, 0) is 24.3 Å². The van der Waals surface area contributed by atoms with Crippen molar-refractivity contribution < 1.29 is 104 Å². The molecule has 0 saturated carbocycles. The summed E-state index contributed by atoms with van der Waals surface area (Å²) >= 11 is 0. The van der Waals surface area contributed by atoms with Crippen molar-refractivity contribution >= 4 is 17.9 Å². The molecule has 4 aromatic carbocycles. The number of esters is 3. The molecule has 1 saturated heterocycles. The fourth-order valence-corrected chi connectivity index (χ4v) is 5.94. The van der Waals surface area contributed by atoms with Crippen molar-refractivity contribution in [2.45, 2.75) is 30.7 Å². The molecule has 5 atom stereocenters. The maximum Gasteiger partial charge on any atom is 0.339 e. The number of carbonyl (C=O) groups excluding carboxylic acids is 3. The smallest absolute Gasteiger partial charge is 0.339 e. The number of hydrogen-bond donors (Lipinski definition) is 12. The second-order valence-corrected chi connectivity index (χ2v) is 11.9. The number of aliphatic hydroxyl groups excluding tert-OH is 2. The molecule has 0 bridgehead atoms. The second-order valence-electron chi connectivity index (χ2n) is 11.9. The number of carbonyl (C=O) groups is 3. The Kier molecular flexibility index (Phi) is 8.13. The standard InChI is InChI=1S/C33H24O21/c34-10-1-7(2-11(35)19(10)39)30(45)54-29-24(44)33(48)51-16-6-49-31(46)9-4-14(38)25-28(50-15-5-13(37)21(41)23(43)26(15)52-25)18(9)17-8(32(47)53-27(16)29)3-12(36)20(40)22(17)42/h1-5,16,24,27,29,33-44,48H,6H2. The van der Waals surface area contributed by atoms with Crippen LogP contribution in [0.2, 0.25) is 0 Å². The molecule has 0 radical (unpaired) electrons. The quantitative estimate of drug-likeness (QED) is 0.0686. The van der Waals surface area contributed by atoms with Crippen LogP contribution in [0.15, 0.2) is 30.3 Å². The second kappa shape index (κ2) is 12.5. The van der Waals surface area contributed by atoms with Gasteiger partial charge in [-0.15, -0.1) is 0 Å². The normalized spacial score (nSPS) is 21.6. The number of ether oxygens (including phenoxy) is 6. The number of rotatable bonds is 2. The van der Waals surface area contributed by atoms with Gasteiger partial charge in [0.25, 0.3) is 0 Å². The number of fused-ring (bicyclic) bond motifs is 7. The summed E-state index contributed by atoms with van der Waals surface area (Å²) in [6.45, 7) is -0.979. The number of hydrogen-bond acceptors (Lipinski definition) is 21. The van der Waals surface area contributed by atoms with Crippen molar-refractivity contribution in [3.8, 4) is 91.6 Å². The van der Waals surface area contributed by atoms with E-state index in [1.54, 1.807) is 0 Å². The Balaban J connectivity index is 1.39. The lowest BCUT2D eigenvalue weighted by atomic mass is 9.91. The predicted molar refractivity (Wildman–Crippen MR) is 167 cm³/mol. The van der Waals surface area contributed by atoms with Gasteiger partial charge in [-0.25, -0.2) is 14.4 Å². The molecule has 21 heteroatoms. The Hall–Kier alpha value is -7.23. The molecule has 1 fully saturated rings. The van der Waals surface area contributed by atoms with Gasteiger partial charge in [0.05, 0.1) is 16.7 Å². The van der Waals surface area contributed by atoms with E-state index in [1.165, 1.54) is 0 Å². The minimum Gasteiger partial charge on any atom is -0.504 e. The number of benzene rings is 4. The van der Waals surface area contributed by atoms with Crippen molar-refractivity contribution in [2.24, 2.45) is 0 Å². The molecule has 4 aromatic rings. The van der Waals surface area contributed by atoms with E-state index < -0.39 is 164 Å². The van der Waals surface area contributed by atoms with E-state index in [0.717, 1.165) is 6.07 Å². The number of phenolic OH excluding ortho intramolecular Hbond substituents is 10. The Morgan fingerprint density at radius 2 is 1.22 bits per heavy atom. The monoisotopic (exact) mass is 756 g/mol. The van der Waals surface area contributed by atoms with E-state index >= 15 is 0 Å². The summed E-state index contributed by atoms with van der Waals surface area (Å²) < 4.78 is 32.8. The lowest BCUT2D eigenvalue weighted by Crippen LogP contribution is -2.61. The molecular formula is C33H24O21. The zero-order chi connectivity index (χ0) is 39.1. The summed E-state index contributed by atoms with van der Waals surface area (Å²) in [5.74, 6) is -17.6. The summed E-state index contributed by atoms with van der Waals surface area (Å²) in [7, 11) is 0. The highest BCUT2D eigenvalue weighted by atomic mass is 16.7. The fourth-order valence-electron chi connectivity index (χ4n) is 5.94. The largest absolute Gasteiger partial charge is 0.504 e. The Morgan fingerprint density at radius 1 is 0.630 bits per heavy atom. The molecule has 12 N–H and O–H groups in total.